The molecule has 6 heteroatoms. The minimum absolute atomic E-state index is 0.0894. The van der Waals surface area contributed by atoms with Crippen molar-refractivity contribution in [1.29, 1.82) is 0 Å². The quantitative estimate of drug-likeness (QED) is 0.799. The van der Waals surface area contributed by atoms with E-state index in [9.17, 15) is 4.79 Å². The number of carbonyl (C=O) groups is 1. The second-order valence-corrected chi connectivity index (χ2v) is 7.03. The van der Waals surface area contributed by atoms with Crippen LogP contribution in [0.15, 0.2) is 30.7 Å². The monoisotopic (exact) mass is 337 g/mol. The van der Waals surface area contributed by atoms with Gasteiger partial charge >= 0.3 is 0 Å². The lowest BCUT2D eigenvalue weighted by Gasteiger charge is -2.36. The summed E-state index contributed by atoms with van der Waals surface area (Å²) in [4.78, 5) is 15.3. The molecule has 0 unspecified atom stereocenters. The van der Waals surface area contributed by atoms with Crippen molar-refractivity contribution in [3.63, 3.8) is 0 Å². The van der Waals surface area contributed by atoms with Crippen LogP contribution < -0.4 is 0 Å². The summed E-state index contributed by atoms with van der Waals surface area (Å²) in [6, 6.07) is 4.20. The number of H-pyrrole nitrogens is 1. The number of hydrogen-bond donors (Lipinski definition) is 1. The first-order valence-corrected chi connectivity index (χ1v) is 8.85. The van der Waals surface area contributed by atoms with Crippen LogP contribution in [0.25, 0.3) is 10.9 Å². The Kier molecular flexibility index (Phi) is 4.03. The number of aromatic nitrogens is 4. The van der Waals surface area contributed by atoms with E-state index in [2.05, 4.69) is 21.4 Å². The number of rotatable bonds is 3. The van der Waals surface area contributed by atoms with Crippen molar-refractivity contribution in [1.82, 2.24) is 24.9 Å². The van der Waals surface area contributed by atoms with Crippen LogP contribution in [-0.4, -0.2) is 43.4 Å². The average molecular weight is 337 g/mol. The molecule has 0 aliphatic carbocycles. The summed E-state index contributed by atoms with van der Waals surface area (Å²) in [5, 5.41) is 12.5. The number of amides is 1. The predicted octanol–water partition coefficient (Wildman–Crippen LogP) is 3.07. The van der Waals surface area contributed by atoms with Crippen molar-refractivity contribution in [3.05, 3.63) is 47.4 Å². The molecule has 1 amide bonds. The average Bonchev–Trinajstić information content (AvgIpc) is 3.22. The van der Waals surface area contributed by atoms with Crippen LogP contribution in [0.1, 0.15) is 40.7 Å². The van der Waals surface area contributed by atoms with Crippen LogP contribution >= 0.6 is 0 Å². The maximum atomic E-state index is 13.3. The van der Waals surface area contributed by atoms with E-state index in [1.54, 1.807) is 6.20 Å². The highest BCUT2D eigenvalue weighted by atomic mass is 16.2. The molecule has 0 bridgehead atoms. The van der Waals surface area contributed by atoms with Crippen molar-refractivity contribution in [2.24, 2.45) is 0 Å². The molecule has 3 aromatic rings. The van der Waals surface area contributed by atoms with E-state index in [0.29, 0.717) is 0 Å². The van der Waals surface area contributed by atoms with E-state index < -0.39 is 0 Å². The highest BCUT2D eigenvalue weighted by Gasteiger charge is 2.29. The maximum absolute atomic E-state index is 13.3. The lowest BCUT2D eigenvalue weighted by Crippen LogP contribution is -2.46. The van der Waals surface area contributed by atoms with Crippen LogP contribution in [0.5, 0.6) is 0 Å². The molecule has 25 heavy (non-hydrogen) atoms. The van der Waals surface area contributed by atoms with Gasteiger partial charge in [0.2, 0.25) is 0 Å². The Hall–Kier alpha value is -2.63. The van der Waals surface area contributed by atoms with Crippen molar-refractivity contribution < 1.29 is 4.79 Å². The largest absolute Gasteiger partial charge is 0.334 e. The van der Waals surface area contributed by atoms with Crippen molar-refractivity contribution in [3.8, 4) is 0 Å². The second-order valence-electron chi connectivity index (χ2n) is 7.03. The van der Waals surface area contributed by atoms with Crippen LogP contribution in [0.3, 0.4) is 0 Å². The molecule has 1 aliphatic rings. The first-order valence-electron chi connectivity index (χ1n) is 8.85. The van der Waals surface area contributed by atoms with Gasteiger partial charge in [-0.3, -0.25) is 14.6 Å². The smallest absolute Gasteiger partial charge is 0.256 e. The van der Waals surface area contributed by atoms with Crippen LogP contribution in [0.2, 0.25) is 0 Å². The van der Waals surface area contributed by atoms with Gasteiger partial charge in [0.05, 0.1) is 36.1 Å². The van der Waals surface area contributed by atoms with E-state index in [4.69, 9.17) is 0 Å². The third-order valence-electron chi connectivity index (χ3n) is 4.97. The molecule has 1 saturated heterocycles. The Labute approximate surface area is 146 Å². The number of likely N-dealkylation sites (tertiary alicyclic amines) is 1. The molecule has 0 saturated carbocycles. The van der Waals surface area contributed by atoms with Crippen molar-refractivity contribution in [2.75, 3.05) is 6.54 Å². The number of aromatic amines is 1. The maximum Gasteiger partial charge on any atom is 0.256 e. The summed E-state index contributed by atoms with van der Waals surface area (Å²) < 4.78 is 1.95. The predicted molar refractivity (Wildman–Crippen MR) is 96.5 cm³/mol. The van der Waals surface area contributed by atoms with E-state index in [-0.39, 0.29) is 11.9 Å². The molecule has 0 radical (unpaired) electrons. The standard InChI is InChI=1S/C19H23N5O/c1-13-7-15-10-20-22-18(15)17(8-13)19(25)24-6-4-3-5-16(24)12-23-11-14(2)9-21-23/h7-11,16H,3-6,12H2,1-2H3,(H,20,22)/t16-/m1/s1. The fourth-order valence-corrected chi connectivity index (χ4v) is 3.77. The number of carbonyl (C=O) groups excluding carboxylic acids is 1. The Morgan fingerprint density at radius 3 is 2.92 bits per heavy atom. The minimum Gasteiger partial charge on any atom is -0.334 e. The third-order valence-corrected chi connectivity index (χ3v) is 4.97. The fraction of sp³-hybridized carbons (Fsp3) is 0.421. The lowest BCUT2D eigenvalue weighted by atomic mass is 9.99. The summed E-state index contributed by atoms with van der Waals surface area (Å²) in [6.07, 6.45) is 8.91. The number of piperidine rings is 1. The number of fused-ring (bicyclic) bond motifs is 1. The highest BCUT2D eigenvalue weighted by molar-refractivity contribution is 6.05. The van der Waals surface area contributed by atoms with Crippen LogP contribution in [0.4, 0.5) is 0 Å². The number of aryl methyl sites for hydroxylation is 2. The van der Waals surface area contributed by atoms with Gasteiger partial charge in [0.25, 0.3) is 5.91 Å². The minimum atomic E-state index is 0.0894. The Morgan fingerprint density at radius 2 is 2.12 bits per heavy atom. The first kappa shape index (κ1) is 15.9. The molecule has 1 aromatic carbocycles. The summed E-state index contributed by atoms with van der Waals surface area (Å²) in [7, 11) is 0. The molecule has 2 aromatic heterocycles. The van der Waals surface area contributed by atoms with Gasteiger partial charge in [0, 0.05) is 18.1 Å². The molecule has 1 aliphatic heterocycles. The lowest BCUT2D eigenvalue weighted by molar-refractivity contribution is 0.0585. The molecule has 1 N–H and O–H groups in total. The summed E-state index contributed by atoms with van der Waals surface area (Å²) in [5.41, 5.74) is 3.77. The number of nitrogens with zero attached hydrogens (tertiary/aromatic N) is 4. The molecular weight excluding hydrogens is 314 g/mol. The summed E-state index contributed by atoms with van der Waals surface area (Å²) in [5.74, 6) is 0.0894. The van der Waals surface area contributed by atoms with Gasteiger partial charge in [-0.15, -0.1) is 0 Å². The number of benzene rings is 1. The Balaban J connectivity index is 1.65. The Bertz CT molecular complexity index is 910. The van der Waals surface area contributed by atoms with Crippen molar-refractivity contribution in [2.45, 2.75) is 45.7 Å². The van der Waals surface area contributed by atoms with Gasteiger partial charge in [0.1, 0.15) is 0 Å². The van der Waals surface area contributed by atoms with Gasteiger partial charge in [-0.05, 0) is 56.4 Å². The second kappa shape index (κ2) is 6.35. The highest BCUT2D eigenvalue weighted by Crippen LogP contribution is 2.25. The van der Waals surface area contributed by atoms with Gasteiger partial charge < -0.3 is 4.90 Å². The zero-order valence-corrected chi connectivity index (χ0v) is 14.7. The van der Waals surface area contributed by atoms with E-state index in [1.807, 2.05) is 41.9 Å². The molecular formula is C19H23N5O. The van der Waals surface area contributed by atoms with Gasteiger partial charge in [-0.25, -0.2) is 0 Å². The van der Waals surface area contributed by atoms with E-state index in [1.165, 1.54) is 0 Å². The first-order chi connectivity index (χ1) is 12.1. The normalized spacial score (nSPS) is 18.0. The number of nitrogens with one attached hydrogen (secondary N) is 1. The van der Waals surface area contributed by atoms with Gasteiger partial charge in [-0.2, -0.15) is 10.2 Å². The van der Waals surface area contributed by atoms with Crippen LogP contribution in [0, 0.1) is 13.8 Å². The number of hydrogen-bond acceptors (Lipinski definition) is 3. The third kappa shape index (κ3) is 3.04. The van der Waals surface area contributed by atoms with E-state index >= 15 is 0 Å². The summed E-state index contributed by atoms with van der Waals surface area (Å²) >= 11 is 0. The zero-order valence-electron chi connectivity index (χ0n) is 14.7. The summed E-state index contributed by atoms with van der Waals surface area (Å²) in [6.45, 7) is 5.60. The zero-order chi connectivity index (χ0) is 17.4. The topological polar surface area (TPSA) is 66.8 Å². The van der Waals surface area contributed by atoms with Crippen molar-refractivity contribution >= 4 is 16.8 Å². The molecule has 130 valence electrons. The fourth-order valence-electron chi connectivity index (χ4n) is 3.77. The molecule has 0 spiro atoms. The molecule has 6 nitrogen and oxygen atoms in total. The molecule has 1 atom stereocenters. The molecule has 4 rings (SSSR count). The molecule has 1 fully saturated rings. The van der Waals surface area contributed by atoms with Gasteiger partial charge in [0.15, 0.2) is 0 Å². The molecule has 3 heterocycles. The van der Waals surface area contributed by atoms with Gasteiger partial charge in [-0.1, -0.05) is 0 Å². The van der Waals surface area contributed by atoms with Crippen LogP contribution in [-0.2, 0) is 6.54 Å². The van der Waals surface area contributed by atoms with E-state index in [0.717, 1.165) is 59.9 Å². The SMILES string of the molecule is Cc1cc(C(=O)N2CCCC[C@@H]2Cn2cc(C)cn2)c2[nH]ncc2c1. The Morgan fingerprint density at radius 1 is 1.24 bits per heavy atom.